The first-order valence-electron chi connectivity index (χ1n) is 7.48. The zero-order valence-corrected chi connectivity index (χ0v) is 11.4. The molecule has 1 N–H and O–H groups in total. The lowest BCUT2D eigenvalue weighted by Gasteiger charge is -2.27. The van der Waals surface area contributed by atoms with Gasteiger partial charge in [0.05, 0.1) is 5.92 Å². The summed E-state index contributed by atoms with van der Waals surface area (Å²) in [6.07, 6.45) is 6.18. The Hall–Kier alpha value is -1.51. The normalized spacial score (nSPS) is 23.2. The van der Waals surface area contributed by atoms with E-state index in [0.717, 1.165) is 38.2 Å². The average molecular weight is 258 g/mol. The first-order valence-corrected chi connectivity index (χ1v) is 7.48. The molecule has 3 rings (SSSR count). The van der Waals surface area contributed by atoms with E-state index in [9.17, 15) is 4.79 Å². The molecule has 0 spiro atoms. The molecule has 2 aliphatic heterocycles. The van der Waals surface area contributed by atoms with Gasteiger partial charge in [0.1, 0.15) is 0 Å². The number of nitrogens with one attached hydrogen (secondary N) is 1. The summed E-state index contributed by atoms with van der Waals surface area (Å²) in [7, 11) is 0. The summed E-state index contributed by atoms with van der Waals surface area (Å²) in [5.41, 5.74) is 2.31. The molecule has 0 aliphatic carbocycles. The third-order valence-corrected chi connectivity index (χ3v) is 4.30. The van der Waals surface area contributed by atoms with Crippen molar-refractivity contribution in [3.8, 4) is 0 Å². The van der Waals surface area contributed by atoms with Gasteiger partial charge in [0.25, 0.3) is 0 Å². The molecule has 0 bridgehead atoms. The van der Waals surface area contributed by atoms with Crippen LogP contribution in [0.1, 0.15) is 43.6 Å². The Kier molecular flexibility index (Phi) is 3.72. The first-order chi connectivity index (χ1) is 9.36. The van der Waals surface area contributed by atoms with Crippen LogP contribution in [0.4, 0.5) is 5.69 Å². The fourth-order valence-electron chi connectivity index (χ4n) is 3.19. The number of amides is 1. The van der Waals surface area contributed by atoms with Gasteiger partial charge >= 0.3 is 0 Å². The number of rotatable bonds is 1. The van der Waals surface area contributed by atoms with Gasteiger partial charge in [-0.25, -0.2) is 0 Å². The Labute approximate surface area is 115 Å². The highest BCUT2D eigenvalue weighted by atomic mass is 16.2. The second-order valence-electron chi connectivity index (χ2n) is 5.61. The average Bonchev–Trinajstić information content (AvgIpc) is 2.81. The van der Waals surface area contributed by atoms with Crippen LogP contribution in [0.5, 0.6) is 0 Å². The highest BCUT2D eigenvalue weighted by molar-refractivity contribution is 5.88. The molecule has 1 saturated heterocycles. The molecule has 0 radical (unpaired) electrons. The van der Waals surface area contributed by atoms with Gasteiger partial charge in [-0.15, -0.1) is 0 Å². The van der Waals surface area contributed by atoms with E-state index in [1.807, 2.05) is 12.1 Å². The molecule has 0 aromatic heterocycles. The summed E-state index contributed by atoms with van der Waals surface area (Å²) in [5, 5.41) is 3.35. The van der Waals surface area contributed by atoms with Crippen LogP contribution < -0.4 is 5.32 Å². The van der Waals surface area contributed by atoms with Gasteiger partial charge in [0, 0.05) is 25.3 Å². The Balaban J connectivity index is 1.73. The number of likely N-dealkylation sites (tertiary alicyclic amines) is 1. The maximum Gasteiger partial charge on any atom is 0.231 e. The maximum absolute atomic E-state index is 12.7. The standard InChI is InChI=1S/C16H22N2O/c19-16(18-10-6-2-1-3-7-11-18)14-12-17-15-9-5-4-8-13(14)15/h4-5,8-9,14,17H,1-3,6-7,10-12H2. The molecule has 19 heavy (non-hydrogen) atoms. The van der Waals surface area contributed by atoms with Crippen LogP contribution in [0.3, 0.4) is 0 Å². The molecule has 1 amide bonds. The predicted octanol–water partition coefficient (Wildman–Crippen LogP) is 2.99. The number of fused-ring (bicyclic) bond motifs is 1. The highest BCUT2D eigenvalue weighted by Crippen LogP contribution is 2.32. The Morgan fingerprint density at radius 1 is 1.05 bits per heavy atom. The minimum atomic E-state index is 0.0237. The molecule has 1 fully saturated rings. The molecule has 3 nitrogen and oxygen atoms in total. The third kappa shape index (κ3) is 2.60. The van der Waals surface area contributed by atoms with Crippen molar-refractivity contribution in [3.05, 3.63) is 29.8 Å². The van der Waals surface area contributed by atoms with Crippen molar-refractivity contribution in [2.45, 2.75) is 38.0 Å². The van der Waals surface area contributed by atoms with Crippen LogP contribution in [0.25, 0.3) is 0 Å². The fraction of sp³-hybridized carbons (Fsp3) is 0.562. The summed E-state index contributed by atoms with van der Waals surface area (Å²) in [5.74, 6) is 0.343. The lowest BCUT2D eigenvalue weighted by atomic mass is 9.99. The van der Waals surface area contributed by atoms with Crippen LogP contribution in [-0.4, -0.2) is 30.4 Å². The molecule has 3 heteroatoms. The van der Waals surface area contributed by atoms with Crippen LogP contribution in [0.15, 0.2) is 24.3 Å². The van der Waals surface area contributed by atoms with E-state index in [1.165, 1.54) is 24.8 Å². The molecule has 1 atom stereocenters. The van der Waals surface area contributed by atoms with Gasteiger partial charge in [0.15, 0.2) is 0 Å². The van der Waals surface area contributed by atoms with Crippen LogP contribution in [0, 0.1) is 0 Å². The number of hydrogen-bond donors (Lipinski definition) is 1. The van der Waals surface area contributed by atoms with E-state index in [4.69, 9.17) is 0 Å². The van der Waals surface area contributed by atoms with E-state index in [0.29, 0.717) is 5.91 Å². The van der Waals surface area contributed by atoms with E-state index < -0.39 is 0 Å². The predicted molar refractivity (Wildman–Crippen MR) is 77.3 cm³/mol. The van der Waals surface area contributed by atoms with Gasteiger partial charge < -0.3 is 10.2 Å². The number of para-hydroxylation sites is 1. The summed E-state index contributed by atoms with van der Waals surface area (Å²) < 4.78 is 0. The smallest absolute Gasteiger partial charge is 0.231 e. The molecular formula is C16H22N2O. The largest absolute Gasteiger partial charge is 0.384 e. The lowest BCUT2D eigenvalue weighted by Crippen LogP contribution is -2.38. The van der Waals surface area contributed by atoms with E-state index in [-0.39, 0.29) is 5.92 Å². The summed E-state index contributed by atoms with van der Waals surface area (Å²) >= 11 is 0. The van der Waals surface area contributed by atoms with Crippen molar-refractivity contribution in [2.75, 3.05) is 25.0 Å². The fourth-order valence-corrected chi connectivity index (χ4v) is 3.19. The maximum atomic E-state index is 12.7. The van der Waals surface area contributed by atoms with Gasteiger partial charge in [-0.1, -0.05) is 37.5 Å². The van der Waals surface area contributed by atoms with Crippen LogP contribution in [0.2, 0.25) is 0 Å². The number of anilines is 1. The zero-order chi connectivity index (χ0) is 13.1. The van der Waals surface area contributed by atoms with Crippen LogP contribution >= 0.6 is 0 Å². The number of nitrogens with zero attached hydrogens (tertiary/aromatic N) is 1. The van der Waals surface area contributed by atoms with Crippen molar-refractivity contribution >= 4 is 11.6 Å². The van der Waals surface area contributed by atoms with Crippen molar-refractivity contribution in [3.63, 3.8) is 0 Å². The molecule has 1 unspecified atom stereocenters. The zero-order valence-electron chi connectivity index (χ0n) is 11.4. The van der Waals surface area contributed by atoms with E-state index in [1.54, 1.807) is 0 Å². The first kappa shape index (κ1) is 12.5. The minimum Gasteiger partial charge on any atom is -0.384 e. The second kappa shape index (κ2) is 5.64. The molecule has 1 aromatic carbocycles. The van der Waals surface area contributed by atoms with Crippen molar-refractivity contribution < 1.29 is 4.79 Å². The monoisotopic (exact) mass is 258 g/mol. The van der Waals surface area contributed by atoms with Gasteiger partial charge in [-0.05, 0) is 24.5 Å². The summed E-state index contributed by atoms with van der Waals surface area (Å²) in [4.78, 5) is 14.8. The SMILES string of the molecule is O=C(C1CNc2ccccc21)N1CCCCCCC1. The topological polar surface area (TPSA) is 32.3 Å². The molecule has 1 aromatic rings. The van der Waals surface area contributed by atoms with Gasteiger partial charge in [0.2, 0.25) is 5.91 Å². The Bertz CT molecular complexity index is 450. The van der Waals surface area contributed by atoms with Crippen molar-refractivity contribution in [1.29, 1.82) is 0 Å². The van der Waals surface area contributed by atoms with E-state index >= 15 is 0 Å². The molecule has 2 aliphatic rings. The molecule has 102 valence electrons. The van der Waals surface area contributed by atoms with Crippen molar-refractivity contribution in [1.82, 2.24) is 4.90 Å². The number of carbonyl (C=O) groups excluding carboxylic acids is 1. The number of hydrogen-bond acceptors (Lipinski definition) is 2. The molecule has 0 saturated carbocycles. The Morgan fingerprint density at radius 3 is 2.53 bits per heavy atom. The molecular weight excluding hydrogens is 236 g/mol. The number of benzene rings is 1. The van der Waals surface area contributed by atoms with Crippen molar-refractivity contribution in [2.24, 2.45) is 0 Å². The van der Waals surface area contributed by atoms with E-state index in [2.05, 4.69) is 22.3 Å². The second-order valence-corrected chi connectivity index (χ2v) is 5.61. The van der Waals surface area contributed by atoms with Gasteiger partial charge in [-0.3, -0.25) is 4.79 Å². The summed E-state index contributed by atoms with van der Waals surface area (Å²) in [6.45, 7) is 2.64. The highest BCUT2D eigenvalue weighted by Gasteiger charge is 2.31. The summed E-state index contributed by atoms with van der Waals surface area (Å²) in [6, 6.07) is 8.20. The molecule has 2 heterocycles. The quantitative estimate of drug-likeness (QED) is 0.840. The van der Waals surface area contributed by atoms with Crippen LogP contribution in [-0.2, 0) is 4.79 Å². The third-order valence-electron chi connectivity index (χ3n) is 4.30. The lowest BCUT2D eigenvalue weighted by molar-refractivity contribution is -0.132. The minimum absolute atomic E-state index is 0.0237. The number of carbonyl (C=O) groups is 1. The Morgan fingerprint density at radius 2 is 1.74 bits per heavy atom. The van der Waals surface area contributed by atoms with Gasteiger partial charge in [-0.2, -0.15) is 0 Å².